The molecular formula is C42H42N4O16S2. The highest BCUT2D eigenvalue weighted by Gasteiger charge is 2.74. The molecule has 20 nitrogen and oxygen atoms in total. The number of fused-ring (bicyclic) bond motifs is 2. The van der Waals surface area contributed by atoms with Crippen molar-refractivity contribution in [3.63, 3.8) is 0 Å². The van der Waals surface area contributed by atoms with Crippen LogP contribution in [0.2, 0.25) is 0 Å². The molecule has 0 aromatic heterocycles. The van der Waals surface area contributed by atoms with Crippen molar-refractivity contribution in [3.05, 3.63) is 102 Å². The Balaban J connectivity index is 1.16. The number of nitrogens with one attached hydrogen (secondary N) is 2. The number of sulfone groups is 1. The first-order chi connectivity index (χ1) is 30.3. The molecule has 0 bridgehead atoms. The number of esters is 3. The highest BCUT2D eigenvalue weighted by Crippen LogP contribution is 2.51. The van der Waals surface area contributed by atoms with Crippen LogP contribution in [0.15, 0.2) is 84.9 Å². The minimum absolute atomic E-state index is 0.0204. The van der Waals surface area contributed by atoms with Crippen LogP contribution in [-0.4, -0.2) is 112 Å². The van der Waals surface area contributed by atoms with E-state index in [2.05, 4.69) is 10.6 Å². The zero-order chi connectivity index (χ0) is 46.1. The number of carbonyl (C=O) groups excluding carboxylic acids is 8. The summed E-state index contributed by atoms with van der Waals surface area (Å²) in [5.74, 6) is -6.54. The van der Waals surface area contributed by atoms with E-state index in [9.17, 15) is 46.8 Å². The van der Waals surface area contributed by atoms with Gasteiger partial charge in [-0.15, -0.1) is 11.8 Å². The Labute approximate surface area is 370 Å². The number of methoxy groups -OCH3 is 1. The van der Waals surface area contributed by atoms with Crippen LogP contribution < -0.4 is 15.4 Å². The zero-order valence-corrected chi connectivity index (χ0v) is 36.3. The number of ether oxygens (including phenoxy) is 6. The number of hydrogen-bond donors (Lipinski definition) is 2. The Morgan fingerprint density at radius 3 is 1.88 bits per heavy atom. The van der Waals surface area contributed by atoms with Gasteiger partial charge in [0.2, 0.25) is 11.8 Å². The molecule has 4 aliphatic heterocycles. The van der Waals surface area contributed by atoms with E-state index in [-0.39, 0.29) is 42.2 Å². The molecule has 4 amide bonds. The first-order valence-corrected chi connectivity index (χ1v) is 22.1. The standard InChI is InChI=1S/C42H42N4O16S2/c1-41(2)32(45-27(47)19-29(45)63-41)35(50)61-39(62-36(51)33-42(3,37(52)57-4)64(55,56)30-20-28(48)46(30)33)44-34(49)31(43-38(53)58-21-23-11-7-5-8-12-23)25-15-17-26(18-16-25)60-40(54)59-22-24-13-9-6-10-14-24/h5-18,29-33,39H,19-22H2,1-4H3,(H,43,53)(H,44,49)/t29-,30-,31?,32+,33+,39?,42-/m1/s1. The highest BCUT2D eigenvalue weighted by molar-refractivity contribution is 8.01. The van der Waals surface area contributed by atoms with Crippen LogP contribution in [0.25, 0.3) is 0 Å². The van der Waals surface area contributed by atoms with Gasteiger partial charge in [0.25, 0.3) is 5.91 Å². The van der Waals surface area contributed by atoms with Gasteiger partial charge in [-0.2, -0.15) is 0 Å². The molecule has 2 N–H and O–H groups in total. The van der Waals surface area contributed by atoms with E-state index < -0.39 is 97.6 Å². The summed E-state index contributed by atoms with van der Waals surface area (Å²) in [5, 5.41) is 2.68. The molecule has 0 aliphatic carbocycles. The van der Waals surface area contributed by atoms with Crippen LogP contribution in [-0.2, 0) is 75.5 Å². The molecular weight excluding hydrogens is 881 g/mol. The average Bonchev–Trinajstić information content (AvgIpc) is 3.57. The molecule has 338 valence electrons. The zero-order valence-electron chi connectivity index (χ0n) is 34.6. The molecule has 4 aliphatic rings. The number of carbonyl (C=O) groups is 8. The van der Waals surface area contributed by atoms with E-state index in [1.54, 1.807) is 74.5 Å². The van der Waals surface area contributed by atoms with Gasteiger partial charge in [0.15, 0.2) is 20.6 Å². The lowest BCUT2D eigenvalue weighted by atomic mass is 9.96. The van der Waals surface area contributed by atoms with Crippen LogP contribution in [0.5, 0.6) is 5.75 Å². The summed E-state index contributed by atoms with van der Waals surface area (Å²) in [6.07, 6.45) is -4.99. The lowest BCUT2D eigenvalue weighted by Crippen LogP contribution is -2.61. The Morgan fingerprint density at radius 2 is 1.31 bits per heavy atom. The summed E-state index contributed by atoms with van der Waals surface area (Å²) in [4.78, 5) is 109. The summed E-state index contributed by atoms with van der Waals surface area (Å²) < 4.78 is 55.2. The van der Waals surface area contributed by atoms with Crippen LogP contribution in [0, 0.1) is 0 Å². The van der Waals surface area contributed by atoms with Gasteiger partial charge < -0.3 is 43.5 Å². The summed E-state index contributed by atoms with van der Waals surface area (Å²) >= 11 is 1.31. The van der Waals surface area contributed by atoms with E-state index >= 15 is 0 Å². The van der Waals surface area contributed by atoms with Crippen LogP contribution in [0.3, 0.4) is 0 Å². The minimum atomic E-state index is -4.62. The second-order valence-corrected chi connectivity index (χ2v) is 20.0. The summed E-state index contributed by atoms with van der Waals surface area (Å²) in [7, 11) is -3.73. The molecule has 4 heterocycles. The quantitative estimate of drug-likeness (QED) is 0.0774. The molecule has 2 unspecified atom stereocenters. The fourth-order valence-corrected chi connectivity index (χ4v) is 11.7. The number of amides is 4. The van der Waals surface area contributed by atoms with Gasteiger partial charge in [-0.25, -0.2) is 27.6 Å². The Kier molecular flexibility index (Phi) is 12.6. The summed E-state index contributed by atoms with van der Waals surface area (Å²) in [5.41, 5.74) is 1.33. The largest absolute Gasteiger partial charge is 0.514 e. The van der Waals surface area contributed by atoms with Crippen LogP contribution >= 0.6 is 11.8 Å². The van der Waals surface area contributed by atoms with Gasteiger partial charge >= 0.3 is 36.6 Å². The maximum Gasteiger partial charge on any atom is 0.514 e. The number of benzene rings is 3. The fraction of sp³-hybridized carbons (Fsp3) is 0.381. The van der Waals surface area contributed by atoms with E-state index in [0.29, 0.717) is 16.0 Å². The number of hydrogen-bond acceptors (Lipinski definition) is 17. The molecule has 3 aromatic carbocycles. The topological polar surface area (TPSA) is 257 Å². The van der Waals surface area contributed by atoms with Crippen molar-refractivity contribution >= 4 is 69.5 Å². The minimum Gasteiger partial charge on any atom is -0.468 e. The first-order valence-electron chi connectivity index (χ1n) is 19.6. The Hall–Kier alpha value is -6.68. The second-order valence-electron chi connectivity index (χ2n) is 15.6. The first kappa shape index (κ1) is 45.3. The predicted octanol–water partition coefficient (Wildman–Crippen LogP) is 2.60. The molecule has 7 atom stereocenters. The van der Waals surface area contributed by atoms with E-state index in [4.69, 9.17) is 28.4 Å². The molecule has 0 spiro atoms. The van der Waals surface area contributed by atoms with E-state index in [0.717, 1.165) is 14.0 Å². The monoisotopic (exact) mass is 922 g/mol. The van der Waals surface area contributed by atoms with Crippen molar-refractivity contribution in [3.8, 4) is 5.75 Å². The van der Waals surface area contributed by atoms with Crippen LogP contribution in [0.1, 0.15) is 56.3 Å². The van der Waals surface area contributed by atoms with E-state index in [1.807, 2.05) is 0 Å². The van der Waals surface area contributed by atoms with Crippen molar-refractivity contribution in [2.24, 2.45) is 0 Å². The molecule has 4 saturated heterocycles. The highest BCUT2D eigenvalue weighted by atomic mass is 32.2. The molecule has 0 radical (unpaired) electrons. The second kappa shape index (κ2) is 17.8. The van der Waals surface area contributed by atoms with Gasteiger partial charge in [0, 0.05) is 4.75 Å². The normalized spacial score (nSPS) is 24.2. The maximum absolute atomic E-state index is 14.4. The van der Waals surface area contributed by atoms with Gasteiger partial charge in [0.05, 0.1) is 25.3 Å². The Morgan fingerprint density at radius 1 is 0.750 bits per heavy atom. The summed E-state index contributed by atoms with van der Waals surface area (Å²) in [6, 6.07) is 17.4. The lowest BCUT2D eigenvalue weighted by molar-refractivity contribution is -0.205. The molecule has 3 aromatic rings. The Bertz CT molecular complexity index is 2470. The maximum atomic E-state index is 14.4. The average molecular weight is 923 g/mol. The molecule has 4 fully saturated rings. The third-order valence-electron chi connectivity index (χ3n) is 11.1. The van der Waals surface area contributed by atoms with Gasteiger partial charge in [-0.3, -0.25) is 24.5 Å². The van der Waals surface area contributed by atoms with E-state index in [1.165, 1.54) is 40.9 Å². The van der Waals surface area contributed by atoms with Crippen molar-refractivity contribution in [2.75, 3.05) is 7.11 Å². The predicted molar refractivity (Wildman–Crippen MR) is 219 cm³/mol. The van der Waals surface area contributed by atoms with Gasteiger partial charge in [-0.05, 0) is 49.6 Å². The van der Waals surface area contributed by atoms with Crippen molar-refractivity contribution < 1.29 is 75.2 Å². The van der Waals surface area contributed by atoms with Crippen molar-refractivity contribution in [1.29, 1.82) is 0 Å². The smallest absolute Gasteiger partial charge is 0.468 e. The van der Waals surface area contributed by atoms with Gasteiger partial charge in [0.1, 0.15) is 36.4 Å². The number of thioether (sulfide) groups is 1. The lowest BCUT2D eigenvalue weighted by Gasteiger charge is -2.38. The number of alkyl carbamates (subject to hydrolysis) is 1. The third-order valence-corrected chi connectivity index (χ3v) is 15.3. The molecule has 0 saturated carbocycles. The van der Waals surface area contributed by atoms with Crippen LogP contribution in [0.4, 0.5) is 9.59 Å². The molecule has 22 heteroatoms. The summed E-state index contributed by atoms with van der Waals surface area (Å²) in [6.45, 7) is 3.93. The number of β-lactam (4-membered cyclic amide) rings is 2. The van der Waals surface area contributed by atoms with Gasteiger partial charge in [-0.1, -0.05) is 72.8 Å². The van der Waals surface area contributed by atoms with Crippen molar-refractivity contribution in [2.45, 2.75) is 91.6 Å². The van der Waals surface area contributed by atoms with Crippen molar-refractivity contribution in [1.82, 2.24) is 20.4 Å². The molecule has 64 heavy (non-hydrogen) atoms. The fourth-order valence-electron chi connectivity index (χ4n) is 7.78. The number of nitrogens with zero attached hydrogens (tertiary/aromatic N) is 2. The number of rotatable bonds is 14. The SMILES string of the molecule is COC(=O)[C@@]1(C)[C@H](C(=O)OC(NC(=O)C(NC(=O)OCc2ccccc2)c2ccc(OC(=O)OCc3ccccc3)cc2)OC(=O)[C@@H]2N3C(=O)C[C@H]3SC2(C)C)N2C(=O)C[C@H]2S1(=O)=O. The third kappa shape index (κ3) is 8.66. The molecule has 7 rings (SSSR count).